The molecule has 3 rings (SSSR count). The Morgan fingerprint density at radius 2 is 2.00 bits per heavy atom. The zero-order valence-electron chi connectivity index (χ0n) is 11.8. The summed E-state index contributed by atoms with van der Waals surface area (Å²) in [5.41, 5.74) is 1.49. The van der Waals surface area contributed by atoms with Gasteiger partial charge in [-0.05, 0) is 38.3 Å². The fraction of sp³-hybridized carbons (Fsp3) is 0.500. The maximum Gasteiger partial charge on any atom is 0.339 e. The second-order valence-electron chi connectivity index (χ2n) is 5.83. The van der Waals surface area contributed by atoms with Crippen LogP contribution in [0.3, 0.4) is 0 Å². The molecule has 0 saturated heterocycles. The molecular weight excluding hydrogens is 254 g/mol. The minimum atomic E-state index is -0.666. The Kier molecular flexibility index (Phi) is 3.24. The number of ether oxygens (including phenoxy) is 1. The molecule has 4 nitrogen and oxygen atoms in total. The lowest BCUT2D eigenvalue weighted by molar-refractivity contribution is -0.143. The summed E-state index contributed by atoms with van der Waals surface area (Å²) in [4.78, 5) is 26.5. The maximum atomic E-state index is 12.6. The van der Waals surface area contributed by atoms with E-state index in [1.165, 1.54) is 0 Å². The summed E-state index contributed by atoms with van der Waals surface area (Å²) in [6.07, 6.45) is 1.93. The predicted molar refractivity (Wildman–Crippen MR) is 74.4 cm³/mol. The molecule has 1 saturated carbocycles. The second-order valence-corrected chi connectivity index (χ2v) is 5.83. The molecule has 1 aliphatic heterocycles. The van der Waals surface area contributed by atoms with Crippen LogP contribution < -0.4 is 0 Å². The summed E-state index contributed by atoms with van der Waals surface area (Å²) in [6.45, 7) is 4.02. The maximum absolute atomic E-state index is 12.6. The summed E-state index contributed by atoms with van der Waals surface area (Å²) in [5, 5.41) is 0. The van der Waals surface area contributed by atoms with Gasteiger partial charge >= 0.3 is 5.97 Å². The predicted octanol–water partition coefficient (Wildman–Crippen LogP) is 2.17. The SMILES string of the molecule is CC(C)N(C(=O)C1Cc2ccccc2C(=O)O1)C1CC1. The van der Waals surface area contributed by atoms with Crippen LogP contribution in [0.5, 0.6) is 0 Å². The molecule has 0 radical (unpaired) electrons. The van der Waals surface area contributed by atoms with E-state index in [1.54, 1.807) is 6.07 Å². The summed E-state index contributed by atoms with van der Waals surface area (Å²) >= 11 is 0. The Labute approximate surface area is 118 Å². The van der Waals surface area contributed by atoms with Gasteiger partial charge < -0.3 is 9.64 Å². The molecule has 0 N–H and O–H groups in total. The van der Waals surface area contributed by atoms with E-state index in [2.05, 4.69) is 0 Å². The topological polar surface area (TPSA) is 46.6 Å². The average Bonchev–Trinajstić information content (AvgIpc) is 3.23. The summed E-state index contributed by atoms with van der Waals surface area (Å²) in [7, 11) is 0. The number of benzene rings is 1. The van der Waals surface area contributed by atoms with Crippen LogP contribution in [0.2, 0.25) is 0 Å². The van der Waals surface area contributed by atoms with Crippen molar-refractivity contribution in [3.05, 3.63) is 35.4 Å². The van der Waals surface area contributed by atoms with E-state index in [1.807, 2.05) is 36.9 Å². The van der Waals surface area contributed by atoms with E-state index in [0.717, 1.165) is 18.4 Å². The van der Waals surface area contributed by atoms with Gasteiger partial charge in [-0.15, -0.1) is 0 Å². The molecule has 1 aliphatic carbocycles. The van der Waals surface area contributed by atoms with E-state index >= 15 is 0 Å². The van der Waals surface area contributed by atoms with Crippen LogP contribution in [-0.4, -0.2) is 35.0 Å². The summed E-state index contributed by atoms with van der Waals surface area (Å²) < 4.78 is 5.35. The van der Waals surface area contributed by atoms with Gasteiger partial charge in [0.15, 0.2) is 6.10 Å². The molecule has 1 aromatic carbocycles. The number of nitrogens with zero attached hydrogens (tertiary/aromatic N) is 1. The van der Waals surface area contributed by atoms with Gasteiger partial charge in [-0.2, -0.15) is 0 Å². The molecule has 1 aromatic rings. The zero-order valence-corrected chi connectivity index (χ0v) is 11.8. The molecule has 0 aromatic heterocycles. The molecule has 4 heteroatoms. The number of amides is 1. The van der Waals surface area contributed by atoms with Crippen molar-refractivity contribution < 1.29 is 14.3 Å². The van der Waals surface area contributed by atoms with Crippen molar-refractivity contribution in [2.24, 2.45) is 0 Å². The average molecular weight is 273 g/mol. The lowest BCUT2D eigenvalue weighted by Gasteiger charge is -2.32. The van der Waals surface area contributed by atoms with Crippen molar-refractivity contribution in [2.45, 2.75) is 51.3 Å². The van der Waals surface area contributed by atoms with Crippen LogP contribution in [0.15, 0.2) is 24.3 Å². The molecule has 1 atom stereocenters. The first-order valence-corrected chi connectivity index (χ1v) is 7.19. The number of esters is 1. The lowest BCUT2D eigenvalue weighted by atomic mass is 9.98. The minimum Gasteiger partial charge on any atom is -0.448 e. The Hall–Kier alpha value is -1.84. The molecule has 106 valence electrons. The highest BCUT2D eigenvalue weighted by Crippen LogP contribution is 2.31. The van der Waals surface area contributed by atoms with Crippen LogP contribution >= 0.6 is 0 Å². The number of carbonyl (C=O) groups excluding carboxylic acids is 2. The number of hydrogen-bond donors (Lipinski definition) is 0. The second kappa shape index (κ2) is 4.93. The fourth-order valence-electron chi connectivity index (χ4n) is 2.84. The van der Waals surface area contributed by atoms with E-state index in [4.69, 9.17) is 4.74 Å². The van der Waals surface area contributed by atoms with Gasteiger partial charge in [0.1, 0.15) is 0 Å². The smallest absolute Gasteiger partial charge is 0.339 e. The van der Waals surface area contributed by atoms with Gasteiger partial charge in [-0.3, -0.25) is 4.79 Å². The third-order valence-corrected chi connectivity index (χ3v) is 3.92. The molecule has 0 spiro atoms. The van der Waals surface area contributed by atoms with Crippen molar-refractivity contribution in [1.29, 1.82) is 0 Å². The van der Waals surface area contributed by atoms with Crippen LogP contribution in [-0.2, 0) is 16.0 Å². The number of rotatable bonds is 3. The Bertz CT molecular complexity index is 546. The highest BCUT2D eigenvalue weighted by Gasteiger charge is 2.40. The molecule has 2 aliphatic rings. The van der Waals surface area contributed by atoms with Crippen LogP contribution in [0.4, 0.5) is 0 Å². The van der Waals surface area contributed by atoms with E-state index in [0.29, 0.717) is 18.0 Å². The zero-order chi connectivity index (χ0) is 14.3. The van der Waals surface area contributed by atoms with E-state index < -0.39 is 6.10 Å². The molecular formula is C16H19NO3. The molecule has 1 fully saturated rings. The first-order chi connectivity index (χ1) is 9.58. The van der Waals surface area contributed by atoms with Crippen LogP contribution in [0.1, 0.15) is 42.6 Å². The Balaban J connectivity index is 1.82. The normalized spacial score (nSPS) is 21.4. The largest absolute Gasteiger partial charge is 0.448 e. The van der Waals surface area contributed by atoms with Crippen LogP contribution in [0, 0.1) is 0 Å². The van der Waals surface area contributed by atoms with Gasteiger partial charge in [0, 0.05) is 18.5 Å². The van der Waals surface area contributed by atoms with E-state index in [-0.39, 0.29) is 17.9 Å². The standard InChI is InChI=1S/C16H19NO3/c1-10(2)17(12-7-8-12)15(18)14-9-11-5-3-4-6-13(11)16(19)20-14/h3-6,10,12,14H,7-9H2,1-2H3. The Morgan fingerprint density at radius 3 is 2.65 bits per heavy atom. The van der Waals surface area contributed by atoms with Crippen molar-refractivity contribution in [2.75, 3.05) is 0 Å². The number of carbonyl (C=O) groups is 2. The first-order valence-electron chi connectivity index (χ1n) is 7.19. The van der Waals surface area contributed by atoms with Gasteiger partial charge in [-0.25, -0.2) is 4.79 Å². The highest BCUT2D eigenvalue weighted by molar-refractivity contribution is 5.96. The van der Waals surface area contributed by atoms with Crippen molar-refractivity contribution in [1.82, 2.24) is 4.90 Å². The number of cyclic esters (lactones) is 1. The van der Waals surface area contributed by atoms with Crippen molar-refractivity contribution in [3.63, 3.8) is 0 Å². The highest BCUT2D eigenvalue weighted by atomic mass is 16.5. The van der Waals surface area contributed by atoms with Crippen molar-refractivity contribution in [3.8, 4) is 0 Å². The number of fused-ring (bicyclic) bond motifs is 1. The lowest BCUT2D eigenvalue weighted by Crippen LogP contribution is -2.48. The quantitative estimate of drug-likeness (QED) is 0.793. The monoisotopic (exact) mass is 273 g/mol. The van der Waals surface area contributed by atoms with Gasteiger partial charge in [0.25, 0.3) is 5.91 Å². The Morgan fingerprint density at radius 1 is 1.30 bits per heavy atom. The molecule has 0 bridgehead atoms. The fourth-order valence-corrected chi connectivity index (χ4v) is 2.84. The van der Waals surface area contributed by atoms with Gasteiger partial charge in [0.05, 0.1) is 5.56 Å². The van der Waals surface area contributed by atoms with Crippen molar-refractivity contribution >= 4 is 11.9 Å². The van der Waals surface area contributed by atoms with Gasteiger partial charge in [-0.1, -0.05) is 18.2 Å². The molecule has 1 unspecified atom stereocenters. The third kappa shape index (κ3) is 2.30. The summed E-state index contributed by atoms with van der Waals surface area (Å²) in [6, 6.07) is 7.82. The third-order valence-electron chi connectivity index (χ3n) is 3.92. The van der Waals surface area contributed by atoms with Gasteiger partial charge in [0.2, 0.25) is 0 Å². The minimum absolute atomic E-state index is 0.0506. The van der Waals surface area contributed by atoms with E-state index in [9.17, 15) is 9.59 Å². The number of hydrogen-bond acceptors (Lipinski definition) is 3. The summed E-state index contributed by atoms with van der Waals surface area (Å²) in [5.74, 6) is -0.435. The molecule has 1 heterocycles. The first kappa shape index (κ1) is 13.2. The van der Waals surface area contributed by atoms with Crippen LogP contribution in [0.25, 0.3) is 0 Å². The molecule has 20 heavy (non-hydrogen) atoms. The molecule has 1 amide bonds.